The minimum atomic E-state index is -0.402. The number of hydrogen-bond acceptors (Lipinski definition) is 3. The van der Waals surface area contributed by atoms with Gasteiger partial charge in [0.1, 0.15) is 0 Å². The molecular formula is C13H20N4O2. The quantitative estimate of drug-likeness (QED) is 0.368. The van der Waals surface area contributed by atoms with Crippen molar-refractivity contribution in [1.29, 1.82) is 0 Å². The Balaban J connectivity index is 2.48. The van der Waals surface area contributed by atoms with Crippen molar-refractivity contribution < 1.29 is 4.92 Å². The van der Waals surface area contributed by atoms with E-state index in [4.69, 9.17) is 0 Å². The van der Waals surface area contributed by atoms with Crippen LogP contribution >= 0.6 is 0 Å². The van der Waals surface area contributed by atoms with Crippen molar-refractivity contribution in [2.24, 2.45) is 10.9 Å². The summed E-state index contributed by atoms with van der Waals surface area (Å²) >= 11 is 0. The van der Waals surface area contributed by atoms with Gasteiger partial charge in [-0.2, -0.15) is 0 Å². The zero-order valence-corrected chi connectivity index (χ0v) is 11.5. The zero-order valence-electron chi connectivity index (χ0n) is 11.5. The Hall–Kier alpha value is -2.11. The van der Waals surface area contributed by atoms with E-state index in [-0.39, 0.29) is 5.69 Å². The molecule has 0 unspecified atom stereocenters. The number of benzene rings is 1. The molecule has 6 nitrogen and oxygen atoms in total. The second-order valence-electron chi connectivity index (χ2n) is 4.62. The molecule has 0 heterocycles. The molecule has 0 saturated carbocycles. The first-order valence-electron chi connectivity index (χ1n) is 6.20. The van der Waals surface area contributed by atoms with Gasteiger partial charge >= 0.3 is 0 Å². The molecule has 19 heavy (non-hydrogen) atoms. The number of nitro benzene ring substituents is 1. The molecule has 0 saturated heterocycles. The topological polar surface area (TPSA) is 79.6 Å². The highest BCUT2D eigenvalue weighted by Crippen LogP contribution is 2.11. The van der Waals surface area contributed by atoms with Crippen LogP contribution in [0.5, 0.6) is 0 Å². The number of nitrogens with one attached hydrogen (secondary N) is 2. The fraction of sp³-hybridized carbons (Fsp3) is 0.462. The summed E-state index contributed by atoms with van der Waals surface area (Å²) in [6.07, 6.45) is 0. The molecule has 0 amide bonds. The molecule has 0 aliphatic carbocycles. The van der Waals surface area contributed by atoms with Gasteiger partial charge < -0.3 is 10.6 Å². The molecule has 2 N–H and O–H groups in total. The summed E-state index contributed by atoms with van der Waals surface area (Å²) in [4.78, 5) is 14.2. The monoisotopic (exact) mass is 264 g/mol. The number of rotatable bonds is 5. The van der Waals surface area contributed by atoms with Gasteiger partial charge in [0.15, 0.2) is 5.96 Å². The van der Waals surface area contributed by atoms with E-state index >= 15 is 0 Å². The Morgan fingerprint density at radius 2 is 1.95 bits per heavy atom. The van der Waals surface area contributed by atoms with Crippen molar-refractivity contribution in [3.8, 4) is 0 Å². The van der Waals surface area contributed by atoms with Crippen LogP contribution in [0.25, 0.3) is 0 Å². The van der Waals surface area contributed by atoms with Crippen molar-refractivity contribution >= 4 is 11.6 Å². The van der Waals surface area contributed by atoms with Crippen molar-refractivity contribution in [3.63, 3.8) is 0 Å². The predicted octanol–water partition coefficient (Wildman–Crippen LogP) is 1.92. The molecule has 0 spiro atoms. The summed E-state index contributed by atoms with van der Waals surface area (Å²) in [5.41, 5.74) is 1.07. The van der Waals surface area contributed by atoms with Crippen LogP contribution in [0, 0.1) is 16.0 Å². The Morgan fingerprint density at radius 3 is 2.42 bits per heavy atom. The molecule has 0 bridgehead atoms. The van der Waals surface area contributed by atoms with E-state index in [1.54, 1.807) is 19.2 Å². The van der Waals surface area contributed by atoms with Crippen LogP contribution in [-0.2, 0) is 6.54 Å². The molecule has 0 radical (unpaired) electrons. The third-order valence-corrected chi connectivity index (χ3v) is 2.51. The van der Waals surface area contributed by atoms with Gasteiger partial charge in [-0.05, 0) is 11.5 Å². The second-order valence-corrected chi connectivity index (χ2v) is 4.62. The Kier molecular flexibility index (Phi) is 5.78. The van der Waals surface area contributed by atoms with Crippen molar-refractivity contribution in [3.05, 3.63) is 39.9 Å². The lowest BCUT2D eigenvalue weighted by atomic mass is 10.2. The third-order valence-electron chi connectivity index (χ3n) is 2.51. The van der Waals surface area contributed by atoms with E-state index in [0.717, 1.165) is 18.1 Å². The first-order valence-corrected chi connectivity index (χ1v) is 6.20. The largest absolute Gasteiger partial charge is 0.356 e. The highest BCUT2D eigenvalue weighted by Gasteiger charge is 2.04. The molecule has 0 aromatic heterocycles. The molecule has 1 aromatic carbocycles. The van der Waals surface area contributed by atoms with E-state index in [1.807, 2.05) is 0 Å². The van der Waals surface area contributed by atoms with Gasteiger partial charge in [-0.3, -0.25) is 15.1 Å². The standard InChI is InChI=1S/C13H20N4O2/c1-10(2)8-15-13(14-3)16-9-11-4-6-12(7-5-11)17(18)19/h4-7,10H,8-9H2,1-3H3,(H2,14,15,16). The van der Waals surface area contributed by atoms with Gasteiger partial charge in [0, 0.05) is 32.3 Å². The Bertz CT molecular complexity index is 440. The van der Waals surface area contributed by atoms with Crippen LogP contribution in [0.1, 0.15) is 19.4 Å². The van der Waals surface area contributed by atoms with Gasteiger partial charge in [0.05, 0.1) is 4.92 Å². The van der Waals surface area contributed by atoms with Crippen LogP contribution in [0.3, 0.4) is 0 Å². The summed E-state index contributed by atoms with van der Waals surface area (Å²) in [5.74, 6) is 1.27. The van der Waals surface area contributed by atoms with Gasteiger partial charge in [-0.15, -0.1) is 0 Å². The van der Waals surface area contributed by atoms with Gasteiger partial charge in [-0.25, -0.2) is 0 Å². The van der Waals surface area contributed by atoms with Gasteiger partial charge in [0.25, 0.3) is 5.69 Å². The maximum absolute atomic E-state index is 10.5. The fourth-order valence-corrected chi connectivity index (χ4v) is 1.44. The SMILES string of the molecule is CN=C(NCc1ccc([N+](=O)[O-])cc1)NCC(C)C. The lowest BCUT2D eigenvalue weighted by molar-refractivity contribution is -0.384. The maximum atomic E-state index is 10.5. The Morgan fingerprint density at radius 1 is 1.32 bits per heavy atom. The first-order chi connectivity index (χ1) is 9.02. The van der Waals surface area contributed by atoms with E-state index in [0.29, 0.717) is 12.5 Å². The lowest BCUT2D eigenvalue weighted by Gasteiger charge is -2.13. The van der Waals surface area contributed by atoms with Crippen LogP contribution in [0.2, 0.25) is 0 Å². The van der Waals surface area contributed by atoms with Crippen LogP contribution in [0.15, 0.2) is 29.3 Å². The number of hydrogen-bond donors (Lipinski definition) is 2. The molecule has 104 valence electrons. The van der Waals surface area contributed by atoms with Gasteiger partial charge in [-0.1, -0.05) is 26.0 Å². The van der Waals surface area contributed by atoms with E-state index < -0.39 is 4.92 Å². The minimum Gasteiger partial charge on any atom is -0.356 e. The number of nitro groups is 1. The summed E-state index contributed by atoms with van der Waals surface area (Å²) in [7, 11) is 1.71. The fourth-order valence-electron chi connectivity index (χ4n) is 1.44. The van der Waals surface area contributed by atoms with Crippen molar-refractivity contribution in [2.45, 2.75) is 20.4 Å². The molecule has 0 aliphatic heterocycles. The van der Waals surface area contributed by atoms with Crippen LogP contribution < -0.4 is 10.6 Å². The number of guanidine groups is 1. The summed E-state index contributed by atoms with van der Waals surface area (Å²) in [6.45, 7) is 5.67. The number of non-ortho nitro benzene ring substituents is 1. The first kappa shape index (κ1) is 14.9. The average molecular weight is 264 g/mol. The smallest absolute Gasteiger partial charge is 0.269 e. The molecular weight excluding hydrogens is 244 g/mol. The zero-order chi connectivity index (χ0) is 14.3. The number of nitrogens with zero attached hydrogens (tertiary/aromatic N) is 2. The summed E-state index contributed by atoms with van der Waals surface area (Å²) in [5, 5.41) is 16.9. The number of aliphatic imine (C=N–C) groups is 1. The molecule has 1 aromatic rings. The van der Waals surface area contributed by atoms with Crippen molar-refractivity contribution in [2.75, 3.05) is 13.6 Å². The second kappa shape index (κ2) is 7.35. The molecule has 0 atom stereocenters. The Labute approximate surface area is 113 Å². The highest BCUT2D eigenvalue weighted by atomic mass is 16.6. The average Bonchev–Trinajstić information content (AvgIpc) is 2.39. The lowest BCUT2D eigenvalue weighted by Crippen LogP contribution is -2.38. The molecule has 0 fully saturated rings. The minimum absolute atomic E-state index is 0.103. The molecule has 1 rings (SSSR count). The van der Waals surface area contributed by atoms with E-state index in [2.05, 4.69) is 29.5 Å². The normalized spacial score (nSPS) is 11.5. The van der Waals surface area contributed by atoms with E-state index in [1.165, 1.54) is 12.1 Å². The summed E-state index contributed by atoms with van der Waals surface area (Å²) < 4.78 is 0. The van der Waals surface area contributed by atoms with Crippen molar-refractivity contribution in [1.82, 2.24) is 10.6 Å². The highest BCUT2D eigenvalue weighted by molar-refractivity contribution is 5.79. The molecule has 6 heteroatoms. The van der Waals surface area contributed by atoms with Crippen LogP contribution in [0.4, 0.5) is 5.69 Å². The maximum Gasteiger partial charge on any atom is 0.269 e. The molecule has 0 aliphatic rings. The third kappa shape index (κ3) is 5.37. The van der Waals surface area contributed by atoms with Gasteiger partial charge in [0.2, 0.25) is 0 Å². The van der Waals surface area contributed by atoms with Crippen LogP contribution in [-0.4, -0.2) is 24.5 Å². The summed E-state index contributed by atoms with van der Waals surface area (Å²) in [6, 6.07) is 6.48. The predicted molar refractivity (Wildman–Crippen MR) is 76.1 cm³/mol. The van der Waals surface area contributed by atoms with E-state index in [9.17, 15) is 10.1 Å².